The lowest BCUT2D eigenvalue weighted by atomic mass is 9.89. The molecule has 2 nitrogen and oxygen atoms in total. The first kappa shape index (κ1) is 16.7. The minimum absolute atomic E-state index is 0.167. The molecule has 0 saturated heterocycles. The Labute approximate surface area is 125 Å². The highest BCUT2D eigenvalue weighted by molar-refractivity contribution is 9.10. The summed E-state index contributed by atoms with van der Waals surface area (Å²) < 4.78 is 1.10. The minimum Gasteiger partial charge on any atom is -0.392 e. The van der Waals surface area contributed by atoms with Gasteiger partial charge in [0.1, 0.15) is 0 Å². The zero-order chi connectivity index (χ0) is 14.5. The van der Waals surface area contributed by atoms with Crippen molar-refractivity contribution < 1.29 is 5.11 Å². The summed E-state index contributed by atoms with van der Waals surface area (Å²) in [5.41, 5.74) is 1.44. The first-order valence-electron chi connectivity index (χ1n) is 6.98. The van der Waals surface area contributed by atoms with Crippen molar-refractivity contribution in [2.45, 2.75) is 52.7 Å². The van der Waals surface area contributed by atoms with E-state index in [-0.39, 0.29) is 11.5 Å². The van der Waals surface area contributed by atoms with Crippen molar-refractivity contribution in [2.75, 3.05) is 6.54 Å². The smallest absolute Gasteiger partial charge is 0.0669 e. The number of benzene rings is 1. The van der Waals surface area contributed by atoms with Crippen molar-refractivity contribution in [1.29, 1.82) is 0 Å². The van der Waals surface area contributed by atoms with E-state index < -0.39 is 0 Å². The van der Waals surface area contributed by atoms with Gasteiger partial charge in [-0.25, -0.2) is 0 Å². The summed E-state index contributed by atoms with van der Waals surface area (Å²) >= 11 is 3.45. The van der Waals surface area contributed by atoms with Crippen LogP contribution in [0.5, 0.6) is 0 Å². The highest BCUT2D eigenvalue weighted by Crippen LogP contribution is 2.22. The van der Waals surface area contributed by atoms with Gasteiger partial charge >= 0.3 is 0 Å². The van der Waals surface area contributed by atoms with Crippen molar-refractivity contribution in [1.82, 2.24) is 5.32 Å². The van der Waals surface area contributed by atoms with Crippen molar-refractivity contribution >= 4 is 15.9 Å². The lowest BCUT2D eigenvalue weighted by Crippen LogP contribution is -2.32. The van der Waals surface area contributed by atoms with Crippen LogP contribution in [0.25, 0.3) is 0 Å². The summed E-state index contributed by atoms with van der Waals surface area (Å²) in [5, 5.41) is 13.5. The first-order valence-corrected chi connectivity index (χ1v) is 7.78. The fraction of sp³-hybridized carbons (Fsp3) is 0.625. The summed E-state index contributed by atoms with van der Waals surface area (Å²) in [6.45, 7) is 9.27. The van der Waals surface area contributed by atoms with E-state index in [1.54, 1.807) is 0 Å². The number of hydrogen-bond donors (Lipinski definition) is 2. The second-order valence-corrected chi connectivity index (χ2v) is 7.25. The van der Waals surface area contributed by atoms with E-state index in [0.29, 0.717) is 12.6 Å². The van der Waals surface area contributed by atoms with E-state index in [1.165, 1.54) is 5.56 Å². The van der Waals surface area contributed by atoms with Crippen molar-refractivity contribution in [3.63, 3.8) is 0 Å². The third kappa shape index (κ3) is 6.55. The number of aliphatic hydroxyl groups is 1. The zero-order valence-corrected chi connectivity index (χ0v) is 14.0. The average molecular weight is 328 g/mol. The topological polar surface area (TPSA) is 32.3 Å². The third-order valence-corrected chi connectivity index (χ3v) is 3.66. The van der Waals surface area contributed by atoms with Crippen LogP contribution < -0.4 is 5.32 Å². The van der Waals surface area contributed by atoms with Crippen LogP contribution in [0.15, 0.2) is 28.7 Å². The van der Waals surface area contributed by atoms with Gasteiger partial charge in [-0.2, -0.15) is 0 Å². The standard InChI is InChI=1S/C16H26BrNO/c1-5-15(12-6-8-13(17)9-7-12)18-11-14(19)10-16(2,3)4/h6-9,14-15,18-19H,5,10-11H2,1-4H3. The molecular formula is C16H26BrNO. The Morgan fingerprint density at radius 1 is 1.21 bits per heavy atom. The third-order valence-electron chi connectivity index (χ3n) is 3.13. The van der Waals surface area contributed by atoms with E-state index in [4.69, 9.17) is 0 Å². The molecule has 0 aromatic heterocycles. The van der Waals surface area contributed by atoms with E-state index in [0.717, 1.165) is 17.3 Å². The monoisotopic (exact) mass is 327 g/mol. The normalized spacial score (nSPS) is 15.3. The highest BCUT2D eigenvalue weighted by Gasteiger charge is 2.18. The van der Waals surface area contributed by atoms with Gasteiger partial charge in [0.05, 0.1) is 6.10 Å². The Kier molecular flexibility index (Phi) is 6.51. The van der Waals surface area contributed by atoms with Crippen molar-refractivity contribution in [3.8, 4) is 0 Å². The largest absolute Gasteiger partial charge is 0.392 e. The molecule has 0 heterocycles. The number of aliphatic hydroxyl groups excluding tert-OH is 1. The van der Waals surface area contributed by atoms with Gasteiger partial charge < -0.3 is 10.4 Å². The number of rotatable bonds is 6. The maximum atomic E-state index is 10.1. The Hall–Kier alpha value is -0.380. The maximum Gasteiger partial charge on any atom is 0.0669 e. The molecule has 2 unspecified atom stereocenters. The Morgan fingerprint density at radius 2 is 1.79 bits per heavy atom. The summed E-state index contributed by atoms with van der Waals surface area (Å²) in [7, 11) is 0. The Bertz CT molecular complexity index is 369. The van der Waals surface area contributed by atoms with Gasteiger partial charge in [-0.1, -0.05) is 55.8 Å². The van der Waals surface area contributed by atoms with E-state index in [1.807, 2.05) is 0 Å². The lowest BCUT2D eigenvalue weighted by Gasteiger charge is -2.25. The van der Waals surface area contributed by atoms with Gasteiger partial charge in [-0.15, -0.1) is 0 Å². The summed E-state index contributed by atoms with van der Waals surface area (Å²) in [4.78, 5) is 0. The molecule has 2 atom stereocenters. The zero-order valence-electron chi connectivity index (χ0n) is 12.4. The molecule has 0 bridgehead atoms. The molecule has 19 heavy (non-hydrogen) atoms. The molecule has 0 aliphatic rings. The van der Waals surface area contributed by atoms with Gasteiger partial charge in [0.25, 0.3) is 0 Å². The summed E-state index contributed by atoms with van der Waals surface area (Å²) in [5.74, 6) is 0. The fourth-order valence-electron chi connectivity index (χ4n) is 2.25. The highest BCUT2D eigenvalue weighted by atomic mass is 79.9. The molecule has 0 saturated carbocycles. The lowest BCUT2D eigenvalue weighted by molar-refractivity contribution is 0.116. The molecule has 3 heteroatoms. The van der Waals surface area contributed by atoms with Gasteiger partial charge in [0, 0.05) is 17.1 Å². The van der Waals surface area contributed by atoms with E-state index >= 15 is 0 Å². The molecule has 1 aromatic carbocycles. The van der Waals surface area contributed by atoms with Crippen LogP contribution in [-0.2, 0) is 0 Å². The maximum absolute atomic E-state index is 10.1. The fourth-order valence-corrected chi connectivity index (χ4v) is 2.51. The second kappa shape index (κ2) is 7.41. The van der Waals surface area contributed by atoms with Crippen LogP contribution in [0, 0.1) is 5.41 Å². The van der Waals surface area contributed by atoms with Crippen LogP contribution in [0.4, 0.5) is 0 Å². The minimum atomic E-state index is -0.288. The van der Waals surface area contributed by atoms with Crippen LogP contribution in [-0.4, -0.2) is 17.8 Å². The number of halogens is 1. The number of hydrogen-bond acceptors (Lipinski definition) is 2. The molecule has 1 aromatic rings. The predicted octanol–water partition coefficient (Wildman–Crippen LogP) is 4.29. The predicted molar refractivity (Wildman–Crippen MR) is 85.3 cm³/mol. The molecule has 0 amide bonds. The molecule has 2 N–H and O–H groups in total. The van der Waals surface area contributed by atoms with Crippen LogP contribution in [0.2, 0.25) is 0 Å². The van der Waals surface area contributed by atoms with Crippen LogP contribution in [0.3, 0.4) is 0 Å². The number of nitrogens with one attached hydrogen (secondary N) is 1. The Balaban J connectivity index is 2.51. The van der Waals surface area contributed by atoms with Crippen LogP contribution in [0.1, 0.15) is 52.1 Å². The van der Waals surface area contributed by atoms with Crippen LogP contribution >= 0.6 is 15.9 Å². The molecule has 0 aliphatic heterocycles. The quantitative estimate of drug-likeness (QED) is 0.817. The molecule has 0 radical (unpaired) electrons. The van der Waals surface area contributed by atoms with E-state index in [9.17, 15) is 5.11 Å². The van der Waals surface area contributed by atoms with E-state index in [2.05, 4.69) is 73.2 Å². The molecular weight excluding hydrogens is 302 g/mol. The summed E-state index contributed by atoms with van der Waals surface area (Å²) in [6.07, 6.45) is 1.55. The first-order chi connectivity index (χ1) is 8.81. The van der Waals surface area contributed by atoms with Crippen molar-refractivity contribution in [3.05, 3.63) is 34.3 Å². The van der Waals surface area contributed by atoms with Gasteiger partial charge in [-0.3, -0.25) is 0 Å². The molecule has 1 rings (SSSR count). The SMILES string of the molecule is CCC(NCC(O)CC(C)(C)C)c1ccc(Br)cc1. The average Bonchev–Trinajstić information content (AvgIpc) is 2.29. The van der Waals surface area contributed by atoms with Gasteiger partial charge in [-0.05, 0) is 36.0 Å². The Morgan fingerprint density at radius 3 is 2.26 bits per heavy atom. The second-order valence-electron chi connectivity index (χ2n) is 6.34. The van der Waals surface area contributed by atoms with Gasteiger partial charge in [0.2, 0.25) is 0 Å². The molecule has 0 spiro atoms. The van der Waals surface area contributed by atoms with Gasteiger partial charge in [0.15, 0.2) is 0 Å². The van der Waals surface area contributed by atoms with Crippen molar-refractivity contribution in [2.24, 2.45) is 5.41 Å². The molecule has 0 aliphatic carbocycles. The molecule has 0 fully saturated rings. The molecule has 108 valence electrons. The summed E-state index contributed by atoms with van der Waals surface area (Å²) in [6, 6.07) is 8.68.